The molecule has 2 rings (SSSR count). The summed E-state index contributed by atoms with van der Waals surface area (Å²) < 4.78 is 0. The van der Waals surface area contributed by atoms with Gasteiger partial charge in [0.05, 0.1) is 6.10 Å². The van der Waals surface area contributed by atoms with Crippen molar-refractivity contribution in [2.75, 3.05) is 11.9 Å². The molecule has 0 saturated heterocycles. The van der Waals surface area contributed by atoms with Crippen molar-refractivity contribution in [2.24, 2.45) is 5.92 Å². The normalized spacial score (nSPS) is 22.5. The Hall–Kier alpha value is -1.39. The molecule has 1 aromatic carbocycles. The van der Waals surface area contributed by atoms with E-state index in [1.807, 2.05) is 24.3 Å². The third kappa shape index (κ3) is 4.62. The van der Waals surface area contributed by atoms with Crippen molar-refractivity contribution in [3.63, 3.8) is 0 Å². The SMILES string of the molecule is CC(=O)Nc1ccccc1CNCC1CCCC(O)C1. The van der Waals surface area contributed by atoms with E-state index < -0.39 is 0 Å². The molecule has 0 radical (unpaired) electrons. The minimum atomic E-state index is -0.123. The van der Waals surface area contributed by atoms with Crippen molar-refractivity contribution in [3.8, 4) is 0 Å². The van der Waals surface area contributed by atoms with Crippen LogP contribution in [0.25, 0.3) is 0 Å². The average molecular weight is 276 g/mol. The van der Waals surface area contributed by atoms with Crippen molar-refractivity contribution in [1.82, 2.24) is 5.32 Å². The van der Waals surface area contributed by atoms with E-state index in [0.29, 0.717) is 5.92 Å². The van der Waals surface area contributed by atoms with Crippen LogP contribution in [0.15, 0.2) is 24.3 Å². The van der Waals surface area contributed by atoms with Crippen LogP contribution in [0, 0.1) is 5.92 Å². The maximum absolute atomic E-state index is 11.2. The van der Waals surface area contributed by atoms with Crippen molar-refractivity contribution in [3.05, 3.63) is 29.8 Å². The first-order valence-corrected chi connectivity index (χ1v) is 7.39. The molecule has 4 heteroatoms. The molecule has 0 spiro atoms. The van der Waals surface area contributed by atoms with Gasteiger partial charge in [0.2, 0.25) is 5.91 Å². The van der Waals surface area contributed by atoms with E-state index in [-0.39, 0.29) is 12.0 Å². The zero-order chi connectivity index (χ0) is 14.4. The van der Waals surface area contributed by atoms with Crippen LogP contribution in [0.4, 0.5) is 5.69 Å². The lowest BCUT2D eigenvalue weighted by Crippen LogP contribution is -2.29. The van der Waals surface area contributed by atoms with Crippen LogP contribution in [0.3, 0.4) is 0 Å². The Balaban J connectivity index is 1.83. The molecular weight excluding hydrogens is 252 g/mol. The zero-order valence-corrected chi connectivity index (χ0v) is 12.1. The van der Waals surface area contributed by atoms with Crippen LogP contribution in [-0.4, -0.2) is 23.7 Å². The first kappa shape index (κ1) is 15.0. The van der Waals surface area contributed by atoms with Gasteiger partial charge in [0.15, 0.2) is 0 Å². The number of nitrogens with one attached hydrogen (secondary N) is 2. The number of rotatable bonds is 5. The van der Waals surface area contributed by atoms with Gasteiger partial charge in [-0.25, -0.2) is 0 Å². The fraction of sp³-hybridized carbons (Fsp3) is 0.562. The smallest absolute Gasteiger partial charge is 0.221 e. The fourth-order valence-electron chi connectivity index (χ4n) is 2.85. The number of para-hydroxylation sites is 1. The molecule has 1 saturated carbocycles. The van der Waals surface area contributed by atoms with Crippen molar-refractivity contribution >= 4 is 11.6 Å². The lowest BCUT2D eigenvalue weighted by Gasteiger charge is -2.26. The molecule has 0 bridgehead atoms. The first-order valence-electron chi connectivity index (χ1n) is 7.39. The van der Waals surface area contributed by atoms with Gasteiger partial charge in [0.25, 0.3) is 0 Å². The Morgan fingerprint density at radius 1 is 1.35 bits per heavy atom. The maximum Gasteiger partial charge on any atom is 0.221 e. The van der Waals surface area contributed by atoms with E-state index in [2.05, 4.69) is 10.6 Å². The van der Waals surface area contributed by atoms with E-state index in [1.54, 1.807) is 0 Å². The van der Waals surface area contributed by atoms with Gasteiger partial charge in [0.1, 0.15) is 0 Å². The second kappa shape index (κ2) is 7.41. The number of hydrogen-bond donors (Lipinski definition) is 3. The number of hydrogen-bond acceptors (Lipinski definition) is 3. The molecule has 0 aromatic heterocycles. The molecule has 1 aliphatic carbocycles. The van der Waals surface area contributed by atoms with E-state index >= 15 is 0 Å². The van der Waals surface area contributed by atoms with Crippen LogP contribution in [0.5, 0.6) is 0 Å². The molecule has 3 N–H and O–H groups in total. The number of benzene rings is 1. The van der Waals surface area contributed by atoms with Crippen LogP contribution in [0.1, 0.15) is 38.2 Å². The topological polar surface area (TPSA) is 61.4 Å². The Morgan fingerprint density at radius 2 is 2.15 bits per heavy atom. The third-order valence-electron chi connectivity index (χ3n) is 3.83. The Kier molecular flexibility index (Phi) is 5.56. The quantitative estimate of drug-likeness (QED) is 0.773. The predicted octanol–water partition coefficient (Wildman–Crippen LogP) is 2.29. The fourth-order valence-corrected chi connectivity index (χ4v) is 2.85. The largest absolute Gasteiger partial charge is 0.393 e. The minimum absolute atomic E-state index is 0.0483. The molecular formula is C16H24N2O2. The molecule has 1 fully saturated rings. The lowest BCUT2D eigenvalue weighted by molar-refractivity contribution is -0.114. The van der Waals surface area contributed by atoms with Crippen LogP contribution >= 0.6 is 0 Å². The predicted molar refractivity (Wildman–Crippen MR) is 80.4 cm³/mol. The van der Waals surface area contributed by atoms with Gasteiger partial charge >= 0.3 is 0 Å². The second-order valence-electron chi connectivity index (χ2n) is 5.66. The monoisotopic (exact) mass is 276 g/mol. The summed E-state index contributed by atoms with van der Waals surface area (Å²) >= 11 is 0. The Bertz CT molecular complexity index is 448. The zero-order valence-electron chi connectivity index (χ0n) is 12.1. The number of aliphatic hydroxyl groups is 1. The molecule has 20 heavy (non-hydrogen) atoms. The van der Waals surface area contributed by atoms with Gasteiger partial charge in [-0.15, -0.1) is 0 Å². The van der Waals surface area contributed by atoms with Gasteiger partial charge in [-0.3, -0.25) is 4.79 Å². The molecule has 1 aromatic rings. The van der Waals surface area contributed by atoms with Crippen molar-refractivity contribution < 1.29 is 9.90 Å². The molecule has 0 heterocycles. The summed E-state index contributed by atoms with van der Waals surface area (Å²) in [5.41, 5.74) is 1.97. The van der Waals surface area contributed by atoms with E-state index in [0.717, 1.165) is 43.6 Å². The number of amides is 1. The standard InChI is InChI=1S/C16H24N2O2/c1-12(19)18-16-8-3-2-6-14(16)11-17-10-13-5-4-7-15(20)9-13/h2-3,6,8,13,15,17,20H,4-5,7,9-11H2,1H3,(H,18,19). The van der Waals surface area contributed by atoms with E-state index in [1.165, 1.54) is 13.3 Å². The van der Waals surface area contributed by atoms with Gasteiger partial charge in [-0.1, -0.05) is 24.6 Å². The first-order chi connectivity index (χ1) is 9.65. The molecule has 4 nitrogen and oxygen atoms in total. The highest BCUT2D eigenvalue weighted by atomic mass is 16.3. The van der Waals surface area contributed by atoms with E-state index in [4.69, 9.17) is 0 Å². The summed E-state index contributed by atoms with van der Waals surface area (Å²) in [4.78, 5) is 11.2. The van der Waals surface area contributed by atoms with Crippen molar-refractivity contribution in [1.29, 1.82) is 0 Å². The van der Waals surface area contributed by atoms with Crippen LogP contribution in [0.2, 0.25) is 0 Å². The lowest BCUT2D eigenvalue weighted by atomic mass is 9.87. The molecule has 110 valence electrons. The molecule has 0 aliphatic heterocycles. The van der Waals surface area contributed by atoms with Crippen LogP contribution < -0.4 is 10.6 Å². The minimum Gasteiger partial charge on any atom is -0.393 e. The Morgan fingerprint density at radius 3 is 2.90 bits per heavy atom. The summed E-state index contributed by atoms with van der Waals surface area (Å²) in [7, 11) is 0. The Labute approximate surface area is 120 Å². The second-order valence-corrected chi connectivity index (χ2v) is 5.66. The van der Waals surface area contributed by atoms with E-state index in [9.17, 15) is 9.90 Å². The molecule has 2 atom stereocenters. The van der Waals surface area contributed by atoms with Crippen LogP contribution in [-0.2, 0) is 11.3 Å². The summed E-state index contributed by atoms with van der Waals surface area (Å²) in [6.07, 6.45) is 4.04. The molecule has 1 amide bonds. The third-order valence-corrected chi connectivity index (χ3v) is 3.83. The summed E-state index contributed by atoms with van der Waals surface area (Å²) in [6.45, 7) is 3.18. The maximum atomic E-state index is 11.2. The molecule has 1 aliphatic rings. The molecule has 2 unspecified atom stereocenters. The number of aliphatic hydroxyl groups excluding tert-OH is 1. The van der Waals surface area contributed by atoms with Crippen molar-refractivity contribution in [2.45, 2.75) is 45.3 Å². The number of carbonyl (C=O) groups excluding carboxylic acids is 1. The van der Waals surface area contributed by atoms with Gasteiger partial charge in [-0.05, 0) is 43.4 Å². The summed E-state index contributed by atoms with van der Waals surface area (Å²) in [5, 5.41) is 16.0. The highest BCUT2D eigenvalue weighted by Gasteiger charge is 2.19. The summed E-state index contributed by atoms with van der Waals surface area (Å²) in [5.74, 6) is 0.513. The highest BCUT2D eigenvalue weighted by Crippen LogP contribution is 2.23. The number of carbonyl (C=O) groups is 1. The van der Waals surface area contributed by atoms with Gasteiger partial charge in [-0.2, -0.15) is 0 Å². The van der Waals surface area contributed by atoms with Gasteiger partial charge < -0.3 is 15.7 Å². The summed E-state index contributed by atoms with van der Waals surface area (Å²) in [6, 6.07) is 7.84. The van der Waals surface area contributed by atoms with Gasteiger partial charge in [0, 0.05) is 19.2 Å². The highest BCUT2D eigenvalue weighted by molar-refractivity contribution is 5.89. The average Bonchev–Trinajstić information content (AvgIpc) is 2.40. The number of anilines is 1.